The van der Waals surface area contributed by atoms with Gasteiger partial charge in [-0.2, -0.15) is 0 Å². The summed E-state index contributed by atoms with van der Waals surface area (Å²) in [5.74, 6) is 0. The Balaban J connectivity index is 1.50. The minimum Gasteiger partial charge on any atom is -0.256 e. The Hall–Kier alpha value is -3.75. The maximum Gasteiger partial charge on any atom is 0.0708 e. The topological polar surface area (TPSA) is 12.9 Å². The summed E-state index contributed by atoms with van der Waals surface area (Å²) in [5, 5.41) is 2.60. The van der Waals surface area contributed by atoms with Crippen LogP contribution in [0.3, 0.4) is 0 Å². The summed E-state index contributed by atoms with van der Waals surface area (Å²) < 4.78 is 2.63. The molecule has 6 aromatic rings. The predicted molar refractivity (Wildman–Crippen MR) is 138 cm³/mol. The average molecular weight is 428 g/mol. The fourth-order valence-corrected chi connectivity index (χ4v) is 5.42. The summed E-state index contributed by atoms with van der Waals surface area (Å²) in [5.41, 5.74) is 8.31. The highest BCUT2D eigenvalue weighted by molar-refractivity contribution is 7.25. The summed E-state index contributed by atoms with van der Waals surface area (Å²) in [6, 6.07) is 36.9. The van der Waals surface area contributed by atoms with Gasteiger partial charge >= 0.3 is 0 Å². The number of nitrogens with zero attached hydrogens (tertiary/aromatic N) is 1. The van der Waals surface area contributed by atoms with Gasteiger partial charge in [0, 0.05) is 31.9 Å². The number of rotatable bonds is 3. The first kappa shape index (κ1) is 19.0. The van der Waals surface area contributed by atoms with Crippen molar-refractivity contribution in [1.29, 1.82) is 0 Å². The molecule has 0 aliphatic carbocycles. The van der Waals surface area contributed by atoms with E-state index in [1.54, 1.807) is 0 Å². The summed E-state index contributed by atoms with van der Waals surface area (Å²) in [6.07, 6.45) is 1.99. The summed E-state index contributed by atoms with van der Waals surface area (Å²) >= 11 is 1.85. The van der Waals surface area contributed by atoms with Crippen LogP contribution in [0.15, 0.2) is 109 Å². The lowest BCUT2D eigenvalue weighted by Crippen LogP contribution is -1.89. The normalized spacial score (nSPS) is 11.3. The fraction of sp³-hybridized carbons (Fsp3) is 0.0333. The van der Waals surface area contributed by atoms with Crippen LogP contribution in [0.2, 0.25) is 0 Å². The molecule has 0 fully saturated rings. The number of hydrogen-bond acceptors (Lipinski definition) is 2. The van der Waals surface area contributed by atoms with E-state index in [-0.39, 0.29) is 0 Å². The molecule has 32 heavy (non-hydrogen) atoms. The van der Waals surface area contributed by atoms with Gasteiger partial charge in [0.1, 0.15) is 0 Å². The van der Waals surface area contributed by atoms with E-state index < -0.39 is 0 Å². The minimum atomic E-state index is 1.01. The number of thiophene rings is 1. The van der Waals surface area contributed by atoms with Crippen LogP contribution in [0.1, 0.15) is 5.56 Å². The van der Waals surface area contributed by atoms with Crippen LogP contribution in [0.5, 0.6) is 0 Å². The molecule has 152 valence electrons. The zero-order chi connectivity index (χ0) is 21.5. The van der Waals surface area contributed by atoms with Gasteiger partial charge in [0.05, 0.1) is 5.69 Å². The maximum absolute atomic E-state index is 4.77. The number of benzene rings is 4. The molecule has 2 heterocycles. The van der Waals surface area contributed by atoms with Crippen LogP contribution >= 0.6 is 11.3 Å². The molecule has 0 aliphatic rings. The Morgan fingerprint density at radius 2 is 1.16 bits per heavy atom. The maximum atomic E-state index is 4.77. The van der Waals surface area contributed by atoms with E-state index >= 15 is 0 Å². The van der Waals surface area contributed by atoms with Crippen LogP contribution in [0.25, 0.3) is 53.7 Å². The van der Waals surface area contributed by atoms with Gasteiger partial charge < -0.3 is 0 Å². The molecule has 0 amide bonds. The molecule has 0 saturated heterocycles. The van der Waals surface area contributed by atoms with E-state index in [2.05, 4.69) is 110 Å². The monoisotopic (exact) mass is 427 g/mol. The third kappa shape index (κ3) is 3.30. The molecule has 1 nitrogen and oxygen atoms in total. The summed E-state index contributed by atoms with van der Waals surface area (Å²) in [7, 11) is 0. The minimum absolute atomic E-state index is 1.01. The predicted octanol–water partition coefficient (Wildman–Crippen LogP) is 8.76. The largest absolute Gasteiger partial charge is 0.256 e. The standard InChI is InChI=1S/C30H21NS/c1-20-19-31-28(18-25(20)22-10-6-3-7-11-22)24-13-15-30-27(17-24)26-16-23(12-14-29(26)32-30)21-8-4-2-5-9-21/h2-19H,1H3. The van der Waals surface area contributed by atoms with E-state index in [9.17, 15) is 0 Å². The van der Waals surface area contributed by atoms with Crippen molar-refractivity contribution < 1.29 is 0 Å². The number of fused-ring (bicyclic) bond motifs is 3. The first-order valence-corrected chi connectivity index (χ1v) is 11.6. The molecule has 0 N–H and O–H groups in total. The van der Waals surface area contributed by atoms with Gasteiger partial charge in [-0.25, -0.2) is 0 Å². The van der Waals surface area contributed by atoms with Gasteiger partial charge in [-0.3, -0.25) is 4.98 Å². The SMILES string of the molecule is Cc1cnc(-c2ccc3sc4ccc(-c5ccccc5)cc4c3c2)cc1-c1ccccc1. The Kier molecular flexibility index (Phi) is 4.59. The number of pyridine rings is 1. The van der Waals surface area contributed by atoms with Crippen molar-refractivity contribution in [3.05, 3.63) is 115 Å². The molecule has 2 aromatic heterocycles. The summed E-state index contributed by atoms with van der Waals surface area (Å²) in [6.45, 7) is 2.12. The molecule has 0 spiro atoms. The Bertz CT molecular complexity index is 1560. The van der Waals surface area contributed by atoms with E-state index in [1.165, 1.54) is 48.0 Å². The first-order chi connectivity index (χ1) is 15.8. The Morgan fingerprint density at radius 1 is 0.562 bits per heavy atom. The van der Waals surface area contributed by atoms with Gasteiger partial charge in [0.15, 0.2) is 0 Å². The Morgan fingerprint density at radius 3 is 1.84 bits per heavy atom. The lowest BCUT2D eigenvalue weighted by molar-refractivity contribution is 1.27. The van der Waals surface area contributed by atoms with Crippen molar-refractivity contribution in [1.82, 2.24) is 4.98 Å². The second-order valence-electron chi connectivity index (χ2n) is 8.14. The van der Waals surface area contributed by atoms with Crippen LogP contribution in [0, 0.1) is 6.92 Å². The van der Waals surface area contributed by atoms with Gasteiger partial charge in [-0.15, -0.1) is 11.3 Å². The molecule has 4 aromatic carbocycles. The van der Waals surface area contributed by atoms with Crippen LogP contribution in [-0.4, -0.2) is 4.98 Å². The molecule has 6 rings (SSSR count). The van der Waals surface area contributed by atoms with Crippen LogP contribution in [-0.2, 0) is 0 Å². The second-order valence-corrected chi connectivity index (χ2v) is 9.22. The smallest absolute Gasteiger partial charge is 0.0708 e. The molecule has 2 heteroatoms. The fourth-order valence-electron chi connectivity index (χ4n) is 4.36. The van der Waals surface area contributed by atoms with Crippen molar-refractivity contribution in [3.8, 4) is 33.5 Å². The molecular formula is C30H21NS. The molecule has 0 aliphatic heterocycles. The van der Waals surface area contributed by atoms with Crippen molar-refractivity contribution in [2.75, 3.05) is 0 Å². The lowest BCUT2D eigenvalue weighted by Gasteiger charge is -2.09. The van der Waals surface area contributed by atoms with Crippen molar-refractivity contribution in [3.63, 3.8) is 0 Å². The zero-order valence-corrected chi connectivity index (χ0v) is 18.6. The van der Waals surface area contributed by atoms with Gasteiger partial charge in [-0.1, -0.05) is 72.8 Å². The molecule has 0 radical (unpaired) electrons. The van der Waals surface area contributed by atoms with Gasteiger partial charge in [0.2, 0.25) is 0 Å². The molecule has 0 atom stereocenters. The first-order valence-electron chi connectivity index (χ1n) is 10.8. The number of hydrogen-bond donors (Lipinski definition) is 0. The molecule has 0 unspecified atom stereocenters. The third-order valence-electron chi connectivity index (χ3n) is 6.06. The molecule has 0 saturated carbocycles. The van der Waals surface area contributed by atoms with E-state index in [0.29, 0.717) is 0 Å². The lowest BCUT2D eigenvalue weighted by atomic mass is 9.98. The zero-order valence-electron chi connectivity index (χ0n) is 17.7. The van der Waals surface area contributed by atoms with Crippen molar-refractivity contribution in [2.24, 2.45) is 0 Å². The third-order valence-corrected chi connectivity index (χ3v) is 7.21. The van der Waals surface area contributed by atoms with E-state index in [1.807, 2.05) is 17.5 Å². The molecular weight excluding hydrogens is 406 g/mol. The average Bonchev–Trinajstić information content (AvgIpc) is 3.22. The molecule has 0 bridgehead atoms. The van der Waals surface area contributed by atoms with Crippen molar-refractivity contribution in [2.45, 2.75) is 6.92 Å². The van der Waals surface area contributed by atoms with Crippen LogP contribution < -0.4 is 0 Å². The highest BCUT2D eigenvalue weighted by atomic mass is 32.1. The van der Waals surface area contributed by atoms with E-state index in [0.717, 1.165) is 11.3 Å². The highest BCUT2D eigenvalue weighted by Gasteiger charge is 2.11. The van der Waals surface area contributed by atoms with Gasteiger partial charge in [0.25, 0.3) is 0 Å². The number of aromatic nitrogens is 1. The van der Waals surface area contributed by atoms with E-state index in [4.69, 9.17) is 4.98 Å². The van der Waals surface area contributed by atoms with Crippen molar-refractivity contribution >= 4 is 31.5 Å². The summed E-state index contributed by atoms with van der Waals surface area (Å²) in [4.78, 5) is 4.77. The number of aryl methyl sites for hydroxylation is 1. The van der Waals surface area contributed by atoms with Gasteiger partial charge in [-0.05, 0) is 65.1 Å². The Labute approximate surface area is 191 Å². The highest BCUT2D eigenvalue weighted by Crippen LogP contribution is 2.38. The quantitative estimate of drug-likeness (QED) is 0.275. The second kappa shape index (κ2) is 7.74. The van der Waals surface area contributed by atoms with Crippen LogP contribution in [0.4, 0.5) is 0 Å².